The monoisotopic (exact) mass is 1040 g/mol. The molecule has 0 radical (unpaired) electrons. The number of thiazole rings is 1. The number of aromatic nitrogens is 4. The number of nitrogens with zero attached hydrogens (tertiary/aromatic N) is 6. The molecule has 3 fully saturated rings. The Labute approximate surface area is 448 Å². The Hall–Kier alpha value is -6.97. The Balaban J connectivity index is 0.698. The summed E-state index contributed by atoms with van der Waals surface area (Å²) < 4.78 is 15.8. The first kappa shape index (κ1) is 51.2. The lowest BCUT2D eigenvalue weighted by Gasteiger charge is -2.31. The number of nitrogens with one attached hydrogen (secondary N) is 2. The van der Waals surface area contributed by atoms with Gasteiger partial charge in [-0.05, 0) is 168 Å². The quantitative estimate of drug-likeness (QED) is 0.0606. The summed E-state index contributed by atoms with van der Waals surface area (Å²) in [6.07, 6.45) is 10.7. The maximum Gasteiger partial charge on any atom is 0.358 e. The third-order valence-electron chi connectivity index (χ3n) is 16.0. The molecule has 14 nitrogen and oxygen atoms in total. The predicted octanol–water partition coefficient (Wildman–Crippen LogP) is 11.4. The van der Waals surface area contributed by atoms with Crippen LogP contribution in [0.1, 0.15) is 146 Å². The molecule has 3 aliphatic heterocycles. The molecule has 0 unspecified atom stereocenters. The van der Waals surface area contributed by atoms with Gasteiger partial charge in [0.25, 0.3) is 5.91 Å². The van der Waals surface area contributed by atoms with E-state index in [0.717, 1.165) is 113 Å². The first-order valence-corrected chi connectivity index (χ1v) is 28.1. The van der Waals surface area contributed by atoms with Gasteiger partial charge in [-0.3, -0.25) is 29.7 Å². The Bertz CT molecular complexity index is 3320. The fraction of sp³-hybridized carbons (Fsp3) is 0.426. The van der Waals surface area contributed by atoms with Crippen LogP contribution in [0.3, 0.4) is 0 Å². The summed E-state index contributed by atoms with van der Waals surface area (Å²) >= 11 is 1.45. The van der Waals surface area contributed by atoms with Gasteiger partial charge in [-0.2, -0.15) is 5.10 Å². The van der Waals surface area contributed by atoms with E-state index in [1.54, 1.807) is 0 Å². The number of carbonyl (C=O) groups excluding carboxylic acids is 4. The maximum absolute atomic E-state index is 14.1. The zero-order valence-electron chi connectivity index (χ0n) is 44.3. The molecule has 2 N–H and O–H groups in total. The van der Waals surface area contributed by atoms with Crippen LogP contribution < -0.4 is 20.3 Å². The molecule has 7 aromatic rings. The van der Waals surface area contributed by atoms with E-state index < -0.39 is 17.5 Å². The van der Waals surface area contributed by atoms with Crippen molar-refractivity contribution in [2.45, 2.75) is 128 Å². The third kappa shape index (κ3) is 10.9. The number of carbonyl (C=O) groups is 4. The molecule has 0 bridgehead atoms. The molecule has 3 amide bonds. The van der Waals surface area contributed by atoms with E-state index >= 15 is 0 Å². The molecule has 76 heavy (non-hydrogen) atoms. The van der Waals surface area contributed by atoms with Gasteiger partial charge in [0.05, 0.1) is 33.4 Å². The molecule has 1 aliphatic carbocycles. The van der Waals surface area contributed by atoms with Gasteiger partial charge in [0.15, 0.2) is 10.8 Å². The highest BCUT2D eigenvalue weighted by molar-refractivity contribution is 7.22. The molecule has 2 atom stereocenters. The highest BCUT2D eigenvalue weighted by Crippen LogP contribution is 2.40. The number of para-hydroxylation sites is 2. The summed E-state index contributed by atoms with van der Waals surface area (Å²) in [6.45, 7) is 12.0. The number of likely N-dealkylation sites (tertiary alicyclic amines) is 1. The van der Waals surface area contributed by atoms with E-state index in [-0.39, 0.29) is 29.5 Å². The minimum Gasteiger partial charge on any atom is -0.490 e. The summed E-state index contributed by atoms with van der Waals surface area (Å²) in [7, 11) is 1.97. The number of ether oxygens (including phenoxy) is 2. The number of anilines is 2. The normalized spacial score (nSPS) is 20.2. The van der Waals surface area contributed by atoms with Gasteiger partial charge in [-0.1, -0.05) is 78.8 Å². The summed E-state index contributed by atoms with van der Waals surface area (Å²) in [4.78, 5) is 67.0. The number of fused-ring (bicyclic) bond motifs is 3. The molecular weight excluding hydrogens is 973 g/mol. The molecule has 6 heterocycles. The number of hydrogen-bond donors (Lipinski definition) is 2. The number of benzene rings is 4. The average Bonchev–Trinajstić information content (AvgIpc) is 4.16. The second-order valence-corrected chi connectivity index (χ2v) is 23.4. The second-order valence-electron chi connectivity index (χ2n) is 22.4. The van der Waals surface area contributed by atoms with Crippen LogP contribution in [-0.2, 0) is 34.3 Å². The number of hydrogen-bond acceptors (Lipinski definition) is 12. The predicted molar refractivity (Wildman–Crippen MR) is 298 cm³/mol. The van der Waals surface area contributed by atoms with Crippen LogP contribution >= 0.6 is 11.3 Å². The number of imide groups is 1. The van der Waals surface area contributed by atoms with Gasteiger partial charge in [0.1, 0.15) is 17.2 Å². The number of amides is 3. The molecule has 4 aromatic carbocycles. The zero-order valence-corrected chi connectivity index (χ0v) is 45.1. The third-order valence-corrected chi connectivity index (χ3v) is 17.0. The smallest absolute Gasteiger partial charge is 0.358 e. The maximum atomic E-state index is 14.1. The van der Waals surface area contributed by atoms with Gasteiger partial charge in [-0.25, -0.2) is 14.8 Å². The van der Waals surface area contributed by atoms with Crippen LogP contribution in [0.15, 0.2) is 91.0 Å². The van der Waals surface area contributed by atoms with Crippen molar-refractivity contribution in [2.24, 2.45) is 13.0 Å². The molecule has 11 rings (SSSR count). The number of rotatable bonds is 14. The van der Waals surface area contributed by atoms with Gasteiger partial charge in [0.2, 0.25) is 11.8 Å². The lowest BCUT2D eigenvalue weighted by atomic mass is 9.84. The first-order valence-electron chi connectivity index (χ1n) is 27.3. The topological polar surface area (TPSA) is 161 Å². The molecule has 0 spiro atoms. The van der Waals surface area contributed by atoms with Gasteiger partial charge < -0.3 is 19.3 Å². The molecule has 15 heteroatoms. The van der Waals surface area contributed by atoms with Gasteiger partial charge in [0, 0.05) is 49.6 Å². The highest BCUT2D eigenvalue weighted by atomic mass is 32.1. The molecule has 1 saturated carbocycles. The standard InChI is InChI=1S/C61H68N8O6S/c1-37-42(44-26-28-52(63-55(44)59(73)75-61(2,3)4)69-34-31-39-14-10-17-45(48(39)36-69)57(71)65-60-62-49-19-6-7-21-51(49)76-60)15-12-20-50(37)74-41-24-22-38(23-25-41)13-8-9-32-68-33-30-40(35-68)43-16-11-18-46-54(66-67(5)56(43)46)47-27-29-53(70)64-58(47)72/h6-7,10-12,14-21,26,28,38,40-41,47H,8-9,13,22-25,27,29-36H2,1-5H3,(H,62,65,71)(H,64,70,72)/t38?,40-,41?,47+/m1/s1. The fourth-order valence-electron chi connectivity index (χ4n) is 12.1. The van der Waals surface area contributed by atoms with Crippen molar-refractivity contribution >= 4 is 67.1 Å². The van der Waals surface area contributed by atoms with Crippen LogP contribution in [0.5, 0.6) is 5.75 Å². The Morgan fingerprint density at radius 1 is 0.842 bits per heavy atom. The van der Waals surface area contributed by atoms with Crippen LogP contribution in [0.25, 0.3) is 32.2 Å². The number of unbranched alkanes of at least 4 members (excludes halogenated alkanes) is 1. The van der Waals surface area contributed by atoms with E-state index in [1.165, 1.54) is 36.2 Å². The number of pyridine rings is 1. The summed E-state index contributed by atoms with van der Waals surface area (Å²) in [5, 5.41) is 12.0. The van der Waals surface area contributed by atoms with Gasteiger partial charge in [-0.15, -0.1) is 0 Å². The lowest BCUT2D eigenvalue weighted by Crippen LogP contribution is -2.39. The van der Waals surface area contributed by atoms with E-state index in [4.69, 9.17) is 19.6 Å². The fourth-order valence-corrected chi connectivity index (χ4v) is 13.0. The molecule has 2 saturated heterocycles. The Morgan fingerprint density at radius 3 is 2.47 bits per heavy atom. The van der Waals surface area contributed by atoms with Crippen LogP contribution in [0.2, 0.25) is 0 Å². The Morgan fingerprint density at radius 2 is 1.66 bits per heavy atom. The minimum atomic E-state index is -0.731. The number of esters is 1. The van der Waals surface area contributed by atoms with Crippen LogP contribution in [-0.4, -0.2) is 86.2 Å². The van der Waals surface area contributed by atoms with Crippen molar-refractivity contribution < 1.29 is 28.7 Å². The molecule has 394 valence electrons. The van der Waals surface area contributed by atoms with Crippen LogP contribution in [0.4, 0.5) is 10.9 Å². The van der Waals surface area contributed by atoms with E-state index in [2.05, 4.69) is 56.6 Å². The summed E-state index contributed by atoms with van der Waals surface area (Å²) in [5.74, 6) is 1.02. The average molecular weight is 1040 g/mol. The van der Waals surface area contributed by atoms with Crippen molar-refractivity contribution in [1.82, 2.24) is 30.0 Å². The van der Waals surface area contributed by atoms with Crippen molar-refractivity contribution in [3.05, 3.63) is 130 Å². The van der Waals surface area contributed by atoms with Crippen molar-refractivity contribution in [3.8, 4) is 16.9 Å². The molecular formula is C61H68N8O6S. The number of piperidine rings is 1. The van der Waals surface area contributed by atoms with Crippen molar-refractivity contribution in [3.63, 3.8) is 0 Å². The van der Waals surface area contributed by atoms with Crippen LogP contribution in [0, 0.1) is 12.8 Å². The highest BCUT2D eigenvalue weighted by Gasteiger charge is 2.34. The largest absolute Gasteiger partial charge is 0.490 e. The SMILES string of the molecule is Cc1c(OC2CCC(CCCCN3CC[C@@H](c4cccc5c([C@@H]6CCC(=O)NC6=O)nn(C)c45)C3)CC2)cccc1-c1ccc(N2CCc3cccc(C(=O)Nc4nc5ccccc5s4)c3C2)nc1C(=O)OC(C)(C)C. The first-order chi connectivity index (χ1) is 36.7. The lowest BCUT2D eigenvalue weighted by molar-refractivity contribution is -0.134. The van der Waals surface area contributed by atoms with E-state index in [9.17, 15) is 19.2 Å². The Kier molecular flexibility index (Phi) is 14.5. The second kappa shape index (κ2) is 21.6. The number of aryl methyl sites for hydroxylation is 1. The molecule has 3 aromatic heterocycles. The zero-order chi connectivity index (χ0) is 52.7. The van der Waals surface area contributed by atoms with Gasteiger partial charge >= 0.3 is 5.97 Å². The molecule has 4 aliphatic rings. The minimum absolute atomic E-state index is 0.122. The van der Waals surface area contributed by atoms with Crippen molar-refractivity contribution in [2.75, 3.05) is 36.4 Å². The summed E-state index contributed by atoms with van der Waals surface area (Å²) in [6, 6.07) is 30.1. The summed E-state index contributed by atoms with van der Waals surface area (Å²) in [5.41, 5.74) is 8.71. The van der Waals surface area contributed by atoms with Crippen molar-refractivity contribution in [1.29, 1.82) is 0 Å². The van der Waals surface area contributed by atoms with E-state index in [1.807, 2.05) is 99.2 Å². The van der Waals surface area contributed by atoms with E-state index in [0.29, 0.717) is 59.8 Å².